The predicted molar refractivity (Wildman–Crippen MR) is 78.0 cm³/mol. The first-order valence-electron chi connectivity index (χ1n) is 6.49. The standard InChI is InChI=1S/C15H20N2S/c1-3-9-16-14(15-11-17-12(2)18-15)10-13-7-5-4-6-8-13/h4-8,11,14,16H,3,9-10H2,1-2H3. The van der Waals surface area contributed by atoms with E-state index in [0.29, 0.717) is 6.04 Å². The van der Waals surface area contributed by atoms with E-state index in [2.05, 4.69) is 54.5 Å². The van der Waals surface area contributed by atoms with Gasteiger partial charge in [-0.25, -0.2) is 4.98 Å². The Labute approximate surface area is 113 Å². The van der Waals surface area contributed by atoms with Crippen LogP contribution in [0.2, 0.25) is 0 Å². The molecule has 0 saturated heterocycles. The van der Waals surface area contributed by atoms with E-state index in [9.17, 15) is 0 Å². The molecule has 0 saturated carbocycles. The molecule has 1 N–H and O–H groups in total. The fourth-order valence-corrected chi connectivity index (χ4v) is 2.84. The summed E-state index contributed by atoms with van der Waals surface area (Å²) in [6.45, 7) is 5.31. The van der Waals surface area contributed by atoms with Gasteiger partial charge in [0.15, 0.2) is 0 Å². The molecule has 2 rings (SSSR count). The first kappa shape index (κ1) is 13.2. The van der Waals surface area contributed by atoms with Gasteiger partial charge in [-0.1, -0.05) is 37.3 Å². The van der Waals surface area contributed by atoms with Gasteiger partial charge in [0, 0.05) is 17.1 Å². The Kier molecular flexibility index (Phi) is 4.90. The number of benzene rings is 1. The molecule has 1 aromatic heterocycles. The Bertz CT molecular complexity index is 464. The van der Waals surface area contributed by atoms with E-state index < -0.39 is 0 Å². The maximum absolute atomic E-state index is 4.37. The zero-order chi connectivity index (χ0) is 12.8. The van der Waals surface area contributed by atoms with Crippen molar-refractivity contribution in [1.29, 1.82) is 0 Å². The lowest BCUT2D eigenvalue weighted by atomic mass is 10.1. The Balaban J connectivity index is 2.10. The van der Waals surface area contributed by atoms with E-state index in [4.69, 9.17) is 0 Å². The average molecular weight is 260 g/mol. The molecule has 0 spiro atoms. The number of aromatic nitrogens is 1. The minimum absolute atomic E-state index is 0.388. The van der Waals surface area contributed by atoms with Crippen LogP contribution in [0.4, 0.5) is 0 Å². The van der Waals surface area contributed by atoms with Gasteiger partial charge in [-0.2, -0.15) is 0 Å². The van der Waals surface area contributed by atoms with Crippen molar-refractivity contribution >= 4 is 11.3 Å². The highest BCUT2D eigenvalue weighted by atomic mass is 32.1. The van der Waals surface area contributed by atoms with Gasteiger partial charge in [0.25, 0.3) is 0 Å². The fraction of sp³-hybridized carbons (Fsp3) is 0.400. The number of aryl methyl sites for hydroxylation is 1. The Hall–Kier alpha value is -1.19. The molecule has 3 heteroatoms. The van der Waals surface area contributed by atoms with Crippen molar-refractivity contribution in [2.45, 2.75) is 32.7 Å². The lowest BCUT2D eigenvalue weighted by Crippen LogP contribution is -2.23. The lowest BCUT2D eigenvalue weighted by Gasteiger charge is -2.16. The van der Waals surface area contributed by atoms with E-state index in [0.717, 1.165) is 24.4 Å². The minimum Gasteiger partial charge on any atom is -0.309 e. The van der Waals surface area contributed by atoms with Crippen LogP contribution in [0.1, 0.15) is 34.8 Å². The van der Waals surface area contributed by atoms with Gasteiger partial charge >= 0.3 is 0 Å². The zero-order valence-electron chi connectivity index (χ0n) is 11.0. The minimum atomic E-state index is 0.388. The van der Waals surface area contributed by atoms with Gasteiger partial charge in [-0.05, 0) is 31.9 Å². The van der Waals surface area contributed by atoms with Crippen molar-refractivity contribution < 1.29 is 0 Å². The Morgan fingerprint density at radius 2 is 2.06 bits per heavy atom. The van der Waals surface area contributed by atoms with Crippen molar-refractivity contribution in [2.24, 2.45) is 0 Å². The summed E-state index contributed by atoms with van der Waals surface area (Å²) in [6.07, 6.45) is 4.20. The van der Waals surface area contributed by atoms with Crippen LogP contribution in [0.15, 0.2) is 36.5 Å². The third kappa shape index (κ3) is 3.65. The first-order chi connectivity index (χ1) is 8.79. The van der Waals surface area contributed by atoms with Crippen LogP contribution in [-0.2, 0) is 6.42 Å². The van der Waals surface area contributed by atoms with E-state index in [1.54, 1.807) is 11.3 Å². The second-order valence-corrected chi connectivity index (χ2v) is 5.74. The summed E-state index contributed by atoms with van der Waals surface area (Å²) >= 11 is 1.79. The van der Waals surface area contributed by atoms with Gasteiger partial charge in [0.2, 0.25) is 0 Å². The molecule has 96 valence electrons. The molecule has 1 aromatic carbocycles. The molecular weight excluding hydrogens is 240 g/mol. The maximum Gasteiger partial charge on any atom is 0.0897 e. The summed E-state index contributed by atoms with van der Waals surface area (Å²) < 4.78 is 0. The predicted octanol–water partition coefficient (Wildman–Crippen LogP) is 3.73. The Morgan fingerprint density at radius 1 is 1.28 bits per heavy atom. The maximum atomic E-state index is 4.37. The number of hydrogen-bond donors (Lipinski definition) is 1. The largest absolute Gasteiger partial charge is 0.309 e. The number of hydrogen-bond acceptors (Lipinski definition) is 3. The van der Waals surface area contributed by atoms with Crippen LogP contribution in [0.25, 0.3) is 0 Å². The summed E-state index contributed by atoms with van der Waals surface area (Å²) in [7, 11) is 0. The molecule has 0 radical (unpaired) electrons. The summed E-state index contributed by atoms with van der Waals surface area (Å²) in [6, 6.07) is 11.0. The van der Waals surface area contributed by atoms with Crippen LogP contribution in [0.5, 0.6) is 0 Å². The third-order valence-corrected chi connectivity index (χ3v) is 3.93. The molecule has 0 aliphatic rings. The van der Waals surface area contributed by atoms with Gasteiger partial charge in [0.1, 0.15) is 0 Å². The quantitative estimate of drug-likeness (QED) is 0.856. The van der Waals surface area contributed by atoms with Crippen molar-refractivity contribution in [3.8, 4) is 0 Å². The van der Waals surface area contributed by atoms with Gasteiger partial charge in [-0.15, -0.1) is 11.3 Å². The van der Waals surface area contributed by atoms with E-state index >= 15 is 0 Å². The molecule has 0 bridgehead atoms. The molecule has 18 heavy (non-hydrogen) atoms. The lowest BCUT2D eigenvalue weighted by molar-refractivity contribution is 0.536. The van der Waals surface area contributed by atoms with Gasteiger partial charge in [-0.3, -0.25) is 0 Å². The van der Waals surface area contributed by atoms with Crippen LogP contribution in [0, 0.1) is 6.92 Å². The molecule has 0 aliphatic heterocycles. The third-order valence-electron chi connectivity index (χ3n) is 2.91. The van der Waals surface area contributed by atoms with E-state index in [1.807, 2.05) is 6.20 Å². The molecular formula is C15H20N2S. The molecule has 2 aromatic rings. The number of nitrogens with zero attached hydrogens (tertiary/aromatic N) is 1. The van der Waals surface area contributed by atoms with Crippen LogP contribution < -0.4 is 5.32 Å². The highest BCUT2D eigenvalue weighted by Gasteiger charge is 2.13. The monoisotopic (exact) mass is 260 g/mol. The molecule has 0 amide bonds. The average Bonchev–Trinajstić information content (AvgIpc) is 2.82. The summed E-state index contributed by atoms with van der Waals surface area (Å²) in [5.74, 6) is 0. The van der Waals surface area contributed by atoms with Crippen LogP contribution in [-0.4, -0.2) is 11.5 Å². The molecule has 2 nitrogen and oxygen atoms in total. The normalized spacial score (nSPS) is 12.6. The zero-order valence-corrected chi connectivity index (χ0v) is 11.8. The van der Waals surface area contributed by atoms with E-state index in [1.165, 1.54) is 10.4 Å². The van der Waals surface area contributed by atoms with Crippen LogP contribution >= 0.6 is 11.3 Å². The topological polar surface area (TPSA) is 24.9 Å². The summed E-state index contributed by atoms with van der Waals surface area (Å²) in [5, 5.41) is 4.76. The van der Waals surface area contributed by atoms with Gasteiger partial charge < -0.3 is 5.32 Å². The van der Waals surface area contributed by atoms with Crippen LogP contribution in [0.3, 0.4) is 0 Å². The molecule has 1 unspecified atom stereocenters. The molecule has 0 fully saturated rings. The summed E-state index contributed by atoms with van der Waals surface area (Å²) in [5.41, 5.74) is 1.37. The summed E-state index contributed by atoms with van der Waals surface area (Å²) in [4.78, 5) is 5.70. The molecule has 1 atom stereocenters. The smallest absolute Gasteiger partial charge is 0.0897 e. The Morgan fingerprint density at radius 3 is 2.67 bits per heavy atom. The van der Waals surface area contributed by atoms with Crippen molar-refractivity contribution in [2.75, 3.05) is 6.54 Å². The van der Waals surface area contributed by atoms with Crippen molar-refractivity contribution in [3.05, 3.63) is 52.0 Å². The van der Waals surface area contributed by atoms with Gasteiger partial charge in [0.05, 0.1) is 5.01 Å². The second-order valence-electron chi connectivity index (χ2n) is 4.48. The van der Waals surface area contributed by atoms with E-state index in [-0.39, 0.29) is 0 Å². The SMILES string of the molecule is CCCNC(Cc1ccccc1)c1cnc(C)s1. The fourth-order valence-electron chi connectivity index (χ4n) is 1.98. The number of thiazole rings is 1. The molecule has 0 aliphatic carbocycles. The van der Waals surface area contributed by atoms with Crippen molar-refractivity contribution in [1.82, 2.24) is 10.3 Å². The second kappa shape index (κ2) is 6.66. The number of nitrogens with one attached hydrogen (secondary N) is 1. The first-order valence-corrected chi connectivity index (χ1v) is 7.31. The van der Waals surface area contributed by atoms with Crippen molar-refractivity contribution in [3.63, 3.8) is 0 Å². The number of rotatable bonds is 6. The highest BCUT2D eigenvalue weighted by molar-refractivity contribution is 7.11. The molecule has 1 heterocycles. The highest BCUT2D eigenvalue weighted by Crippen LogP contribution is 2.23.